The van der Waals surface area contributed by atoms with Gasteiger partial charge in [-0.3, -0.25) is 0 Å². The third kappa shape index (κ3) is 3.50. The van der Waals surface area contributed by atoms with Crippen LogP contribution in [0.1, 0.15) is 17.3 Å². The Morgan fingerprint density at radius 2 is 2.05 bits per heavy atom. The van der Waals surface area contributed by atoms with Gasteiger partial charge in [0.2, 0.25) is 0 Å². The van der Waals surface area contributed by atoms with Crippen molar-refractivity contribution in [2.24, 2.45) is 0 Å². The zero-order chi connectivity index (χ0) is 13.7. The summed E-state index contributed by atoms with van der Waals surface area (Å²) in [6.07, 6.45) is 3.43. The molecule has 2 rings (SSSR count). The van der Waals surface area contributed by atoms with E-state index < -0.39 is 17.6 Å². The molecule has 0 radical (unpaired) electrons. The molecule has 2 heterocycles. The van der Waals surface area contributed by atoms with Gasteiger partial charge in [0.1, 0.15) is 0 Å². The molecule has 0 fully saturated rings. The minimum atomic E-state index is -1.94. The number of nitrogens with zero attached hydrogens (tertiary/aromatic N) is 2. The number of ether oxygens (including phenoxy) is 1. The van der Waals surface area contributed by atoms with Gasteiger partial charge in [-0.25, -0.2) is 0 Å². The minimum absolute atomic E-state index is 0.330. The van der Waals surface area contributed by atoms with Crippen LogP contribution in [0.25, 0.3) is 0 Å². The van der Waals surface area contributed by atoms with E-state index in [4.69, 9.17) is 4.74 Å². The first-order valence-electron chi connectivity index (χ1n) is 5.63. The average Bonchev–Trinajstić information content (AvgIpc) is 2.47. The number of pyridine rings is 2. The van der Waals surface area contributed by atoms with E-state index in [-0.39, 0.29) is 5.97 Å². The van der Waals surface area contributed by atoms with Gasteiger partial charge < -0.3 is 0 Å². The van der Waals surface area contributed by atoms with E-state index in [2.05, 4.69) is 22.7 Å². The van der Waals surface area contributed by atoms with Crippen LogP contribution in [-0.4, -0.2) is 22.5 Å². The fourth-order valence-corrected chi connectivity index (χ4v) is 6.97. The SMILES string of the molecule is CCOC(=O)c1cccnc1I(Br)c1ccccn1. The van der Waals surface area contributed by atoms with Crippen LogP contribution in [0, 0.1) is 7.40 Å². The molecular weight excluding hydrogens is 423 g/mol. The zero-order valence-corrected chi connectivity index (χ0v) is 14.0. The van der Waals surface area contributed by atoms with Crippen molar-refractivity contribution in [3.05, 3.63) is 55.7 Å². The van der Waals surface area contributed by atoms with Gasteiger partial charge in [-0.1, -0.05) is 0 Å². The van der Waals surface area contributed by atoms with Crippen LogP contribution in [-0.2, 0) is 4.74 Å². The summed E-state index contributed by atoms with van der Waals surface area (Å²) in [5.41, 5.74) is 0.525. The molecule has 4 nitrogen and oxygen atoms in total. The number of hydrogen-bond acceptors (Lipinski definition) is 4. The summed E-state index contributed by atoms with van der Waals surface area (Å²) in [6, 6.07) is 9.23. The predicted molar refractivity (Wildman–Crippen MR) is 84.8 cm³/mol. The fraction of sp³-hybridized carbons (Fsp3) is 0.154. The van der Waals surface area contributed by atoms with Crippen molar-refractivity contribution in [1.82, 2.24) is 9.97 Å². The first kappa shape index (κ1) is 14.4. The molecule has 0 saturated heterocycles. The van der Waals surface area contributed by atoms with Crippen molar-refractivity contribution < 1.29 is 9.53 Å². The standard InChI is InChI=1S/C13H12BrIN2O2/c1-2-19-13(18)10-6-5-9-17-12(10)15(14)11-7-3-4-8-16-11/h3-9H,2H2,1H3. The van der Waals surface area contributed by atoms with E-state index in [0.717, 1.165) is 7.40 Å². The van der Waals surface area contributed by atoms with Crippen LogP contribution in [0.2, 0.25) is 0 Å². The monoisotopic (exact) mass is 434 g/mol. The summed E-state index contributed by atoms with van der Waals surface area (Å²) in [5, 5.41) is 0. The molecule has 100 valence electrons. The summed E-state index contributed by atoms with van der Waals surface area (Å²) in [5.74, 6) is -0.330. The molecular formula is C13H12BrIN2O2. The Morgan fingerprint density at radius 3 is 2.74 bits per heavy atom. The second-order valence-electron chi connectivity index (χ2n) is 3.45. The van der Waals surface area contributed by atoms with Crippen LogP contribution in [0.4, 0.5) is 0 Å². The third-order valence-electron chi connectivity index (χ3n) is 2.21. The molecule has 0 bridgehead atoms. The number of aromatic nitrogens is 2. The van der Waals surface area contributed by atoms with E-state index in [0.29, 0.717) is 12.2 Å². The Bertz CT molecular complexity index is 566. The molecule has 0 spiro atoms. The Morgan fingerprint density at radius 1 is 1.26 bits per heavy atom. The van der Waals surface area contributed by atoms with Crippen molar-refractivity contribution >= 4 is 36.3 Å². The number of carbonyl (C=O) groups is 1. The van der Waals surface area contributed by atoms with Gasteiger partial charge in [-0.15, -0.1) is 0 Å². The zero-order valence-electron chi connectivity index (χ0n) is 10.2. The molecule has 0 N–H and O–H groups in total. The van der Waals surface area contributed by atoms with Gasteiger partial charge >= 0.3 is 125 Å². The van der Waals surface area contributed by atoms with Gasteiger partial charge in [0.25, 0.3) is 0 Å². The molecule has 0 aliphatic rings. The van der Waals surface area contributed by atoms with E-state index in [1.807, 2.05) is 18.2 Å². The Labute approximate surface area is 124 Å². The van der Waals surface area contributed by atoms with E-state index in [1.54, 1.807) is 31.5 Å². The molecule has 0 atom stereocenters. The maximum absolute atomic E-state index is 11.9. The van der Waals surface area contributed by atoms with E-state index in [1.165, 1.54) is 0 Å². The summed E-state index contributed by atoms with van der Waals surface area (Å²) in [4.78, 5) is 20.6. The average molecular weight is 435 g/mol. The van der Waals surface area contributed by atoms with E-state index >= 15 is 0 Å². The molecule has 19 heavy (non-hydrogen) atoms. The number of halogens is 2. The number of carbonyl (C=O) groups excluding carboxylic acids is 1. The van der Waals surface area contributed by atoms with Crippen molar-refractivity contribution in [3.8, 4) is 0 Å². The fourth-order valence-electron chi connectivity index (χ4n) is 1.41. The summed E-state index contributed by atoms with van der Waals surface area (Å²) in [6.45, 7) is 2.14. The van der Waals surface area contributed by atoms with Crippen molar-refractivity contribution in [2.75, 3.05) is 6.61 Å². The molecule has 2 aromatic rings. The van der Waals surface area contributed by atoms with Crippen LogP contribution in [0.15, 0.2) is 42.7 Å². The third-order valence-corrected chi connectivity index (χ3v) is 9.54. The molecule has 0 aliphatic carbocycles. The van der Waals surface area contributed by atoms with Gasteiger partial charge in [0.05, 0.1) is 0 Å². The second kappa shape index (κ2) is 6.95. The molecule has 0 aliphatic heterocycles. The van der Waals surface area contributed by atoms with Crippen molar-refractivity contribution in [1.29, 1.82) is 0 Å². The molecule has 0 saturated carbocycles. The first-order valence-corrected chi connectivity index (χ1v) is 12.6. The van der Waals surface area contributed by atoms with Crippen LogP contribution < -0.4 is 0 Å². The van der Waals surface area contributed by atoms with Crippen LogP contribution in [0.3, 0.4) is 0 Å². The molecule has 0 unspecified atom stereocenters. The van der Waals surface area contributed by atoms with Crippen molar-refractivity contribution in [2.45, 2.75) is 6.92 Å². The van der Waals surface area contributed by atoms with Gasteiger partial charge in [-0.2, -0.15) is 0 Å². The van der Waals surface area contributed by atoms with Gasteiger partial charge in [0, 0.05) is 0 Å². The molecule has 0 aromatic carbocycles. The summed E-state index contributed by atoms with van der Waals surface area (Å²) < 4.78 is 6.78. The molecule has 0 amide bonds. The maximum atomic E-state index is 11.9. The predicted octanol–water partition coefficient (Wildman–Crippen LogP) is 3.51. The van der Waals surface area contributed by atoms with Crippen molar-refractivity contribution in [3.63, 3.8) is 0 Å². The Hall–Kier alpha value is -1.02. The van der Waals surface area contributed by atoms with Gasteiger partial charge in [-0.05, 0) is 0 Å². The quantitative estimate of drug-likeness (QED) is 0.419. The molecule has 6 heteroatoms. The first-order chi connectivity index (χ1) is 9.24. The van der Waals surface area contributed by atoms with Gasteiger partial charge in [0.15, 0.2) is 0 Å². The number of esters is 1. The normalized spacial score (nSPS) is 10.9. The Balaban J connectivity index is 2.37. The number of hydrogen-bond donors (Lipinski definition) is 0. The Kier molecular flexibility index (Phi) is 5.26. The summed E-state index contributed by atoms with van der Waals surface area (Å²) >= 11 is 1.75. The van der Waals surface area contributed by atoms with Crippen LogP contribution >= 0.6 is 30.3 Å². The summed E-state index contributed by atoms with van der Waals surface area (Å²) in [7, 11) is 0. The second-order valence-corrected chi connectivity index (χ2v) is 11.0. The van der Waals surface area contributed by atoms with E-state index in [9.17, 15) is 4.79 Å². The topological polar surface area (TPSA) is 52.1 Å². The van der Waals surface area contributed by atoms with Crippen LogP contribution in [0.5, 0.6) is 0 Å². The molecule has 2 aromatic heterocycles. The number of rotatable bonds is 4.